The van der Waals surface area contributed by atoms with Gasteiger partial charge in [0.05, 0.1) is 23.1 Å². The van der Waals surface area contributed by atoms with Gasteiger partial charge in [-0.3, -0.25) is 4.79 Å². The highest BCUT2D eigenvalue weighted by molar-refractivity contribution is 6.05. The van der Waals surface area contributed by atoms with Gasteiger partial charge in [-0.25, -0.2) is 4.79 Å². The second kappa shape index (κ2) is 4.62. The van der Waals surface area contributed by atoms with Crippen molar-refractivity contribution in [3.63, 3.8) is 0 Å². The molecule has 0 aliphatic rings. The molecule has 92 valence electrons. The Morgan fingerprint density at radius 2 is 1.94 bits per heavy atom. The largest absolute Gasteiger partial charge is 0.506 e. The molecule has 1 aromatic heterocycles. The van der Waals surface area contributed by atoms with Gasteiger partial charge in [0.25, 0.3) is 5.91 Å². The molecule has 0 fully saturated rings. The number of carboxylic acid groups (broad SMARTS) is 1. The van der Waals surface area contributed by atoms with Crippen LogP contribution in [0.4, 0.5) is 5.69 Å². The number of phenolic OH excluding ortho intramolecular Hbond substituents is 1. The molecule has 2 aromatic rings. The number of aromatic carboxylic acids is 1. The number of benzene rings is 1. The van der Waals surface area contributed by atoms with Crippen molar-refractivity contribution in [1.82, 2.24) is 0 Å². The third-order valence-electron chi connectivity index (χ3n) is 2.28. The molecule has 6 nitrogen and oxygen atoms in total. The third kappa shape index (κ3) is 2.32. The Hall–Kier alpha value is -2.76. The number of rotatable bonds is 3. The van der Waals surface area contributed by atoms with Crippen molar-refractivity contribution in [2.24, 2.45) is 0 Å². The van der Waals surface area contributed by atoms with Gasteiger partial charge in [-0.2, -0.15) is 0 Å². The molecule has 18 heavy (non-hydrogen) atoms. The summed E-state index contributed by atoms with van der Waals surface area (Å²) in [6, 6.07) is 5.13. The van der Waals surface area contributed by atoms with Crippen LogP contribution in [0.5, 0.6) is 5.75 Å². The second-order valence-corrected chi connectivity index (χ2v) is 3.50. The maximum Gasteiger partial charge on any atom is 0.335 e. The number of carboxylic acids is 1. The number of aromatic hydroxyl groups is 1. The first kappa shape index (κ1) is 11.7. The van der Waals surface area contributed by atoms with Gasteiger partial charge in [0.15, 0.2) is 0 Å². The first-order valence-electron chi connectivity index (χ1n) is 4.98. The Morgan fingerprint density at radius 3 is 2.50 bits per heavy atom. The molecule has 1 aromatic carbocycles. The molecule has 0 unspecified atom stereocenters. The van der Waals surface area contributed by atoms with Crippen molar-refractivity contribution in [3.8, 4) is 5.75 Å². The van der Waals surface area contributed by atoms with Crippen LogP contribution < -0.4 is 5.32 Å². The molecule has 0 radical (unpaired) electrons. The maximum absolute atomic E-state index is 11.6. The van der Waals surface area contributed by atoms with Crippen molar-refractivity contribution >= 4 is 17.6 Å². The predicted octanol–water partition coefficient (Wildman–Crippen LogP) is 1.94. The molecule has 2 rings (SSSR count). The molecule has 6 heteroatoms. The number of amides is 1. The fourth-order valence-corrected chi connectivity index (χ4v) is 1.36. The minimum atomic E-state index is -1.15. The van der Waals surface area contributed by atoms with E-state index in [1.54, 1.807) is 0 Å². The first-order chi connectivity index (χ1) is 8.58. The number of nitrogens with one attached hydrogen (secondary N) is 1. The zero-order valence-electron chi connectivity index (χ0n) is 9.08. The van der Waals surface area contributed by atoms with Crippen molar-refractivity contribution in [1.29, 1.82) is 0 Å². The third-order valence-corrected chi connectivity index (χ3v) is 2.28. The first-order valence-corrected chi connectivity index (χ1v) is 4.98. The standard InChI is InChI=1S/C12H9NO5/c14-10-5-7(12(16)17)1-2-9(10)13-11(15)8-3-4-18-6-8/h1-6,14H,(H,13,15)(H,16,17). The summed E-state index contributed by atoms with van der Waals surface area (Å²) >= 11 is 0. The van der Waals surface area contributed by atoms with Crippen LogP contribution in [0.2, 0.25) is 0 Å². The summed E-state index contributed by atoms with van der Waals surface area (Å²) in [6.07, 6.45) is 2.61. The normalized spacial score (nSPS) is 10.0. The van der Waals surface area contributed by atoms with Crippen LogP contribution in [0.25, 0.3) is 0 Å². The SMILES string of the molecule is O=C(O)c1ccc(NC(=O)c2ccoc2)c(O)c1. The van der Waals surface area contributed by atoms with Crippen molar-refractivity contribution in [2.45, 2.75) is 0 Å². The molecule has 0 bridgehead atoms. The molecule has 0 aliphatic heterocycles. The highest BCUT2D eigenvalue weighted by atomic mass is 16.4. The van der Waals surface area contributed by atoms with Crippen LogP contribution in [-0.4, -0.2) is 22.1 Å². The Labute approximate surface area is 101 Å². The van der Waals surface area contributed by atoms with Gasteiger partial charge in [-0.15, -0.1) is 0 Å². The van der Waals surface area contributed by atoms with Gasteiger partial charge in [0, 0.05) is 0 Å². The topological polar surface area (TPSA) is 99.8 Å². The molecule has 0 spiro atoms. The summed E-state index contributed by atoms with van der Waals surface area (Å²) in [5, 5.41) is 20.7. The van der Waals surface area contributed by atoms with E-state index in [2.05, 4.69) is 5.32 Å². The van der Waals surface area contributed by atoms with Gasteiger partial charge >= 0.3 is 5.97 Å². The van der Waals surface area contributed by atoms with Crippen LogP contribution in [0.3, 0.4) is 0 Å². The van der Waals surface area contributed by atoms with E-state index in [0.29, 0.717) is 5.56 Å². The lowest BCUT2D eigenvalue weighted by atomic mass is 10.2. The summed E-state index contributed by atoms with van der Waals surface area (Å²) < 4.78 is 4.75. The summed E-state index contributed by atoms with van der Waals surface area (Å²) in [7, 11) is 0. The number of hydrogen-bond donors (Lipinski definition) is 3. The number of anilines is 1. The minimum Gasteiger partial charge on any atom is -0.506 e. The fraction of sp³-hybridized carbons (Fsp3) is 0. The van der Waals surface area contributed by atoms with E-state index >= 15 is 0 Å². The van der Waals surface area contributed by atoms with E-state index in [4.69, 9.17) is 9.52 Å². The van der Waals surface area contributed by atoms with Gasteiger partial charge in [0.2, 0.25) is 0 Å². The van der Waals surface area contributed by atoms with Crippen LogP contribution in [0.1, 0.15) is 20.7 Å². The number of carbonyl (C=O) groups excluding carboxylic acids is 1. The molecule has 0 saturated carbocycles. The fourth-order valence-electron chi connectivity index (χ4n) is 1.36. The van der Waals surface area contributed by atoms with Crippen LogP contribution >= 0.6 is 0 Å². The molecule has 1 amide bonds. The van der Waals surface area contributed by atoms with E-state index in [1.165, 1.54) is 30.7 Å². The average Bonchev–Trinajstić information content (AvgIpc) is 2.85. The zero-order chi connectivity index (χ0) is 13.1. The van der Waals surface area contributed by atoms with E-state index < -0.39 is 11.9 Å². The minimum absolute atomic E-state index is 0.0613. The summed E-state index contributed by atoms with van der Waals surface area (Å²) in [5.74, 6) is -1.92. The van der Waals surface area contributed by atoms with Crippen LogP contribution in [0, 0.1) is 0 Å². The van der Waals surface area contributed by atoms with E-state index in [1.807, 2.05) is 0 Å². The van der Waals surface area contributed by atoms with Crippen molar-refractivity contribution in [3.05, 3.63) is 47.9 Å². The van der Waals surface area contributed by atoms with Gasteiger partial charge < -0.3 is 19.9 Å². The van der Waals surface area contributed by atoms with Crippen molar-refractivity contribution in [2.75, 3.05) is 5.32 Å². The van der Waals surface area contributed by atoms with E-state index in [9.17, 15) is 14.7 Å². The Balaban J connectivity index is 2.20. The predicted molar refractivity (Wildman–Crippen MR) is 61.7 cm³/mol. The zero-order valence-corrected chi connectivity index (χ0v) is 9.08. The quantitative estimate of drug-likeness (QED) is 0.719. The lowest BCUT2D eigenvalue weighted by molar-refractivity contribution is 0.0696. The molecule has 3 N–H and O–H groups in total. The molecule has 0 atom stereocenters. The molecule has 0 aliphatic carbocycles. The van der Waals surface area contributed by atoms with Gasteiger partial charge in [-0.05, 0) is 24.3 Å². The molecule has 0 saturated heterocycles. The van der Waals surface area contributed by atoms with Gasteiger partial charge in [-0.1, -0.05) is 0 Å². The average molecular weight is 247 g/mol. The van der Waals surface area contributed by atoms with Crippen molar-refractivity contribution < 1.29 is 24.2 Å². The second-order valence-electron chi connectivity index (χ2n) is 3.50. The lowest BCUT2D eigenvalue weighted by Crippen LogP contribution is -2.11. The van der Waals surface area contributed by atoms with E-state index in [-0.39, 0.29) is 17.0 Å². The monoisotopic (exact) mass is 247 g/mol. The lowest BCUT2D eigenvalue weighted by Gasteiger charge is -2.06. The molecular weight excluding hydrogens is 238 g/mol. The highest BCUT2D eigenvalue weighted by Gasteiger charge is 2.12. The number of hydrogen-bond acceptors (Lipinski definition) is 4. The maximum atomic E-state index is 11.6. The van der Waals surface area contributed by atoms with Crippen LogP contribution in [0.15, 0.2) is 41.2 Å². The van der Waals surface area contributed by atoms with Crippen LogP contribution in [-0.2, 0) is 0 Å². The number of carbonyl (C=O) groups is 2. The molecule has 1 heterocycles. The van der Waals surface area contributed by atoms with E-state index in [0.717, 1.165) is 6.07 Å². The Morgan fingerprint density at radius 1 is 1.17 bits per heavy atom. The highest BCUT2D eigenvalue weighted by Crippen LogP contribution is 2.24. The Kier molecular flexibility index (Phi) is 3.01. The molecular formula is C12H9NO5. The Bertz CT molecular complexity index is 589. The van der Waals surface area contributed by atoms with Gasteiger partial charge in [0.1, 0.15) is 12.0 Å². The number of phenols is 1. The summed E-state index contributed by atoms with van der Waals surface area (Å²) in [5.41, 5.74) is 0.372. The smallest absolute Gasteiger partial charge is 0.335 e. The number of furan rings is 1. The summed E-state index contributed by atoms with van der Waals surface area (Å²) in [6.45, 7) is 0. The summed E-state index contributed by atoms with van der Waals surface area (Å²) in [4.78, 5) is 22.3.